The van der Waals surface area contributed by atoms with Gasteiger partial charge in [-0.3, -0.25) is 0 Å². The van der Waals surface area contributed by atoms with Gasteiger partial charge in [-0.05, 0) is 37.5 Å². The lowest BCUT2D eigenvalue weighted by Crippen LogP contribution is -2.59. The first-order valence-corrected chi connectivity index (χ1v) is 7.80. The predicted molar refractivity (Wildman–Crippen MR) is 82.4 cm³/mol. The first kappa shape index (κ1) is 18.9. The van der Waals surface area contributed by atoms with E-state index in [0.717, 1.165) is 5.56 Å². The number of phenols is 2. The molecule has 1 aliphatic heterocycles. The van der Waals surface area contributed by atoms with Crippen LogP contribution in [0.1, 0.15) is 18.9 Å². The molecule has 136 valence electrons. The van der Waals surface area contributed by atoms with Gasteiger partial charge in [-0.1, -0.05) is 6.07 Å². The van der Waals surface area contributed by atoms with Gasteiger partial charge >= 0.3 is 0 Å². The summed E-state index contributed by atoms with van der Waals surface area (Å²) in [6.45, 7) is 1.24. The van der Waals surface area contributed by atoms with Crippen LogP contribution in [-0.4, -0.2) is 74.1 Å². The topological polar surface area (TPSA) is 140 Å². The molecule has 1 saturated heterocycles. The third-order valence-electron chi connectivity index (χ3n) is 4.09. The van der Waals surface area contributed by atoms with E-state index in [4.69, 9.17) is 14.6 Å². The molecule has 0 amide bonds. The third-order valence-corrected chi connectivity index (χ3v) is 4.09. The summed E-state index contributed by atoms with van der Waals surface area (Å²) in [5, 5.41) is 57.2. The number of rotatable bonds is 6. The molecule has 1 heterocycles. The minimum absolute atomic E-state index is 0.190. The molecule has 0 unspecified atom stereocenters. The van der Waals surface area contributed by atoms with E-state index < -0.39 is 37.3 Å². The number of aliphatic hydroxyl groups is 4. The van der Waals surface area contributed by atoms with E-state index in [0.29, 0.717) is 12.8 Å². The van der Waals surface area contributed by atoms with Crippen LogP contribution in [0, 0.1) is 0 Å². The van der Waals surface area contributed by atoms with Gasteiger partial charge in [0, 0.05) is 0 Å². The van der Waals surface area contributed by atoms with E-state index in [9.17, 15) is 25.5 Å². The maximum absolute atomic E-state index is 9.92. The van der Waals surface area contributed by atoms with Gasteiger partial charge in [0.2, 0.25) is 0 Å². The Balaban J connectivity index is 1.88. The number of hydrogen-bond acceptors (Lipinski definition) is 8. The van der Waals surface area contributed by atoms with Crippen molar-refractivity contribution in [3.05, 3.63) is 23.8 Å². The van der Waals surface area contributed by atoms with Crippen LogP contribution >= 0.6 is 0 Å². The van der Waals surface area contributed by atoms with Crippen molar-refractivity contribution in [1.82, 2.24) is 0 Å². The molecule has 8 heteroatoms. The summed E-state index contributed by atoms with van der Waals surface area (Å²) in [7, 11) is 0. The summed E-state index contributed by atoms with van der Waals surface area (Å²) >= 11 is 0. The fourth-order valence-corrected chi connectivity index (χ4v) is 2.57. The second-order valence-electron chi connectivity index (χ2n) is 6.01. The standard InChI is InChI=1S/C16H24O8/c1-8(2-3-9-4-5-10(18)11(19)6-9)23-16-15(22)14(21)13(20)12(7-17)24-16/h4-6,8,12-22H,2-3,7H2,1H3/t8-,12-,13-,14+,15+,16-/m1/s1. The van der Waals surface area contributed by atoms with Crippen molar-refractivity contribution < 1.29 is 40.1 Å². The van der Waals surface area contributed by atoms with Crippen molar-refractivity contribution in [2.45, 2.75) is 56.6 Å². The highest BCUT2D eigenvalue weighted by Gasteiger charge is 2.44. The van der Waals surface area contributed by atoms with Crippen molar-refractivity contribution in [1.29, 1.82) is 0 Å². The Hall–Kier alpha value is -1.42. The Labute approximate surface area is 139 Å². The highest BCUT2D eigenvalue weighted by atomic mass is 16.7. The molecule has 0 spiro atoms. The largest absolute Gasteiger partial charge is 0.504 e. The molecule has 0 aliphatic carbocycles. The summed E-state index contributed by atoms with van der Waals surface area (Å²) < 4.78 is 10.8. The van der Waals surface area contributed by atoms with Crippen LogP contribution in [0.2, 0.25) is 0 Å². The SMILES string of the molecule is C[C@H](CCc1ccc(O)c(O)c1)O[C@@H]1O[C@H](CO)[C@@H](O)[C@H](O)[C@@H]1O. The van der Waals surface area contributed by atoms with Crippen LogP contribution in [0.5, 0.6) is 11.5 Å². The highest BCUT2D eigenvalue weighted by Crippen LogP contribution is 2.27. The van der Waals surface area contributed by atoms with Crippen LogP contribution in [0.3, 0.4) is 0 Å². The van der Waals surface area contributed by atoms with Crippen molar-refractivity contribution in [3.8, 4) is 11.5 Å². The average molecular weight is 344 g/mol. The minimum atomic E-state index is -1.47. The van der Waals surface area contributed by atoms with Crippen LogP contribution < -0.4 is 0 Å². The number of ether oxygens (including phenoxy) is 2. The molecule has 6 atom stereocenters. The molecule has 0 aromatic heterocycles. The Morgan fingerprint density at radius 2 is 1.79 bits per heavy atom. The number of benzene rings is 1. The van der Waals surface area contributed by atoms with E-state index in [2.05, 4.69) is 0 Å². The second-order valence-corrected chi connectivity index (χ2v) is 6.01. The molecular weight excluding hydrogens is 320 g/mol. The molecule has 24 heavy (non-hydrogen) atoms. The summed E-state index contributed by atoms with van der Waals surface area (Å²) in [5.41, 5.74) is 0.801. The molecule has 6 N–H and O–H groups in total. The van der Waals surface area contributed by atoms with E-state index in [1.807, 2.05) is 0 Å². The lowest BCUT2D eigenvalue weighted by atomic mass is 9.99. The quantitative estimate of drug-likeness (QED) is 0.370. The molecule has 0 bridgehead atoms. The van der Waals surface area contributed by atoms with Crippen molar-refractivity contribution in [2.24, 2.45) is 0 Å². The van der Waals surface area contributed by atoms with E-state index >= 15 is 0 Å². The number of aryl methyl sites for hydroxylation is 1. The van der Waals surface area contributed by atoms with Crippen LogP contribution in [0.25, 0.3) is 0 Å². The second kappa shape index (κ2) is 8.11. The minimum Gasteiger partial charge on any atom is -0.504 e. The normalized spacial score (nSPS) is 31.8. The summed E-state index contributed by atoms with van der Waals surface area (Å²) in [4.78, 5) is 0. The third kappa shape index (κ3) is 4.35. The number of phenolic OH excluding ortho intramolecular Hbond substituents is 2. The average Bonchev–Trinajstić information content (AvgIpc) is 2.56. The van der Waals surface area contributed by atoms with Crippen molar-refractivity contribution >= 4 is 0 Å². The zero-order chi connectivity index (χ0) is 17.9. The van der Waals surface area contributed by atoms with Crippen molar-refractivity contribution in [2.75, 3.05) is 6.61 Å². The number of aliphatic hydroxyl groups excluding tert-OH is 4. The smallest absolute Gasteiger partial charge is 0.186 e. The Bertz CT molecular complexity index is 535. The van der Waals surface area contributed by atoms with Crippen LogP contribution in [0.15, 0.2) is 18.2 Å². The fraction of sp³-hybridized carbons (Fsp3) is 0.625. The lowest BCUT2D eigenvalue weighted by molar-refractivity contribution is -0.310. The molecule has 1 aromatic carbocycles. The first-order valence-electron chi connectivity index (χ1n) is 7.80. The molecule has 1 aliphatic rings. The maximum Gasteiger partial charge on any atom is 0.186 e. The van der Waals surface area contributed by atoms with Gasteiger partial charge in [0.05, 0.1) is 12.7 Å². The molecule has 2 rings (SSSR count). The molecular formula is C16H24O8. The first-order chi connectivity index (χ1) is 11.3. The van der Waals surface area contributed by atoms with Gasteiger partial charge in [-0.25, -0.2) is 0 Å². The van der Waals surface area contributed by atoms with Gasteiger partial charge < -0.3 is 40.1 Å². The van der Waals surface area contributed by atoms with E-state index in [-0.39, 0.29) is 17.6 Å². The van der Waals surface area contributed by atoms with E-state index in [1.54, 1.807) is 13.0 Å². The van der Waals surface area contributed by atoms with Gasteiger partial charge in [0.25, 0.3) is 0 Å². The molecule has 8 nitrogen and oxygen atoms in total. The van der Waals surface area contributed by atoms with Crippen LogP contribution in [0.4, 0.5) is 0 Å². The lowest BCUT2D eigenvalue weighted by Gasteiger charge is -2.40. The zero-order valence-corrected chi connectivity index (χ0v) is 13.3. The molecule has 0 radical (unpaired) electrons. The molecule has 1 fully saturated rings. The Kier molecular flexibility index (Phi) is 6.39. The molecule has 1 aromatic rings. The number of aromatic hydroxyl groups is 2. The Morgan fingerprint density at radius 1 is 1.08 bits per heavy atom. The predicted octanol–water partition coefficient (Wildman–Crippen LogP) is -0.765. The van der Waals surface area contributed by atoms with Crippen LogP contribution in [-0.2, 0) is 15.9 Å². The Morgan fingerprint density at radius 3 is 2.42 bits per heavy atom. The summed E-state index contributed by atoms with van der Waals surface area (Å²) in [6.07, 6.45) is -5.77. The van der Waals surface area contributed by atoms with Gasteiger partial charge in [-0.2, -0.15) is 0 Å². The zero-order valence-electron chi connectivity index (χ0n) is 13.3. The van der Waals surface area contributed by atoms with Gasteiger partial charge in [-0.15, -0.1) is 0 Å². The monoisotopic (exact) mass is 344 g/mol. The van der Waals surface area contributed by atoms with Gasteiger partial charge in [0.15, 0.2) is 17.8 Å². The summed E-state index contributed by atoms with van der Waals surface area (Å²) in [6, 6.07) is 4.53. The van der Waals surface area contributed by atoms with E-state index in [1.165, 1.54) is 12.1 Å². The summed E-state index contributed by atoms with van der Waals surface area (Å²) in [5.74, 6) is -0.389. The van der Waals surface area contributed by atoms with Crippen molar-refractivity contribution in [3.63, 3.8) is 0 Å². The van der Waals surface area contributed by atoms with Gasteiger partial charge in [0.1, 0.15) is 24.4 Å². The molecule has 0 saturated carbocycles. The maximum atomic E-state index is 9.92. The highest BCUT2D eigenvalue weighted by molar-refractivity contribution is 5.40. The number of hydrogen-bond donors (Lipinski definition) is 6. The fourth-order valence-electron chi connectivity index (χ4n) is 2.57.